The van der Waals surface area contributed by atoms with Gasteiger partial charge in [0.15, 0.2) is 0 Å². The zero-order valence-corrected chi connectivity index (χ0v) is 14.7. The van der Waals surface area contributed by atoms with Gasteiger partial charge in [-0.3, -0.25) is 9.59 Å². The summed E-state index contributed by atoms with van der Waals surface area (Å²) in [5.74, 6) is -1.31. The van der Waals surface area contributed by atoms with Crippen LogP contribution in [-0.4, -0.2) is 37.0 Å². The molecule has 0 aliphatic heterocycles. The minimum atomic E-state index is -0.476. The van der Waals surface area contributed by atoms with Crippen LogP contribution in [0.5, 0.6) is 0 Å². The number of likely N-dealkylation sites (N-methyl/N-ethyl adjacent to an activating group) is 1. The van der Waals surface area contributed by atoms with Gasteiger partial charge in [-0.25, -0.2) is 4.39 Å². The third-order valence-corrected chi connectivity index (χ3v) is 3.80. The highest BCUT2D eigenvalue weighted by atomic mass is 19.1. The average molecular weight is 337 g/mol. The van der Waals surface area contributed by atoms with Gasteiger partial charge < -0.3 is 9.64 Å². The van der Waals surface area contributed by atoms with Gasteiger partial charge in [0.05, 0.1) is 6.61 Å². The first-order valence-electron chi connectivity index (χ1n) is 8.71. The van der Waals surface area contributed by atoms with E-state index in [0.717, 1.165) is 25.3 Å². The lowest BCUT2D eigenvalue weighted by Gasteiger charge is -2.16. The third kappa shape index (κ3) is 8.09. The second-order valence-corrected chi connectivity index (χ2v) is 6.01. The lowest BCUT2D eigenvalue weighted by molar-refractivity contribution is -0.144. The molecule has 0 radical (unpaired) electrons. The number of hydrogen-bond acceptors (Lipinski definition) is 3. The zero-order chi connectivity index (χ0) is 17.8. The van der Waals surface area contributed by atoms with Crippen molar-refractivity contribution in [2.45, 2.75) is 51.9 Å². The number of unbranched alkanes of at least 4 members (excludes halogenated alkanes) is 6. The topological polar surface area (TPSA) is 46.6 Å². The molecule has 1 rings (SSSR count). The van der Waals surface area contributed by atoms with Gasteiger partial charge >= 0.3 is 5.97 Å². The Labute approximate surface area is 144 Å². The summed E-state index contributed by atoms with van der Waals surface area (Å²) >= 11 is 0. The van der Waals surface area contributed by atoms with Crippen LogP contribution in [0.2, 0.25) is 0 Å². The van der Waals surface area contributed by atoms with Crippen molar-refractivity contribution in [2.75, 3.05) is 20.2 Å². The molecule has 4 nitrogen and oxygen atoms in total. The number of halogens is 1. The van der Waals surface area contributed by atoms with E-state index in [-0.39, 0.29) is 12.1 Å². The van der Waals surface area contributed by atoms with Crippen molar-refractivity contribution in [3.63, 3.8) is 0 Å². The highest BCUT2D eigenvalue weighted by molar-refractivity contribution is 5.95. The van der Waals surface area contributed by atoms with Crippen molar-refractivity contribution in [3.05, 3.63) is 35.6 Å². The molecular formula is C19H28FNO3. The summed E-state index contributed by atoms with van der Waals surface area (Å²) in [6, 6.07) is 5.41. The smallest absolute Gasteiger partial charge is 0.325 e. The van der Waals surface area contributed by atoms with E-state index in [4.69, 9.17) is 4.74 Å². The lowest BCUT2D eigenvalue weighted by atomic mass is 10.1. The Balaban J connectivity index is 2.19. The molecule has 0 aliphatic rings. The van der Waals surface area contributed by atoms with Crippen molar-refractivity contribution < 1.29 is 18.7 Å². The molecule has 134 valence electrons. The molecule has 5 heteroatoms. The zero-order valence-electron chi connectivity index (χ0n) is 14.7. The maximum atomic E-state index is 13.1. The van der Waals surface area contributed by atoms with Crippen LogP contribution in [0.4, 0.5) is 4.39 Å². The van der Waals surface area contributed by atoms with Crippen LogP contribution in [0.3, 0.4) is 0 Å². The fourth-order valence-corrected chi connectivity index (χ4v) is 2.40. The fourth-order valence-electron chi connectivity index (χ4n) is 2.40. The van der Waals surface area contributed by atoms with Crippen LogP contribution in [0.1, 0.15) is 62.2 Å². The first-order valence-corrected chi connectivity index (χ1v) is 8.71. The van der Waals surface area contributed by atoms with E-state index in [2.05, 4.69) is 6.92 Å². The van der Waals surface area contributed by atoms with Crippen molar-refractivity contribution in [1.82, 2.24) is 4.90 Å². The van der Waals surface area contributed by atoms with Crippen molar-refractivity contribution in [2.24, 2.45) is 0 Å². The van der Waals surface area contributed by atoms with E-state index in [1.165, 1.54) is 55.8 Å². The molecule has 1 amide bonds. The molecule has 24 heavy (non-hydrogen) atoms. The van der Waals surface area contributed by atoms with Crippen molar-refractivity contribution in [1.29, 1.82) is 0 Å². The lowest BCUT2D eigenvalue weighted by Crippen LogP contribution is -2.33. The predicted octanol–water partition coefficient (Wildman–Crippen LogP) is 4.19. The summed E-state index contributed by atoms with van der Waals surface area (Å²) in [5, 5.41) is 0. The number of carbonyl (C=O) groups excluding carboxylic acids is 2. The Morgan fingerprint density at radius 2 is 1.75 bits per heavy atom. The molecule has 0 aliphatic carbocycles. The Bertz CT molecular complexity index is 519. The summed E-state index contributed by atoms with van der Waals surface area (Å²) in [4.78, 5) is 25.1. The average Bonchev–Trinajstić information content (AvgIpc) is 2.56. The van der Waals surface area contributed by atoms with Crippen molar-refractivity contribution in [3.8, 4) is 0 Å². The maximum Gasteiger partial charge on any atom is 0.325 e. The summed E-state index contributed by atoms with van der Waals surface area (Å²) in [6.07, 6.45) is 8.07. The Hall–Kier alpha value is -1.91. The Kier molecular flexibility index (Phi) is 9.73. The van der Waals surface area contributed by atoms with Gasteiger partial charge in [-0.15, -0.1) is 0 Å². The number of amides is 1. The number of hydrogen-bond donors (Lipinski definition) is 0. The van der Waals surface area contributed by atoms with Gasteiger partial charge in [0.25, 0.3) is 5.91 Å². The predicted molar refractivity (Wildman–Crippen MR) is 92.3 cm³/mol. The normalized spacial score (nSPS) is 10.5. The molecule has 0 unspecified atom stereocenters. The van der Waals surface area contributed by atoms with Crippen LogP contribution >= 0.6 is 0 Å². The van der Waals surface area contributed by atoms with E-state index >= 15 is 0 Å². The molecule has 1 aromatic carbocycles. The van der Waals surface area contributed by atoms with Crippen LogP contribution in [0.25, 0.3) is 0 Å². The van der Waals surface area contributed by atoms with Gasteiger partial charge in [0, 0.05) is 12.6 Å². The molecule has 0 saturated heterocycles. The summed E-state index contributed by atoms with van der Waals surface area (Å²) in [7, 11) is 1.50. The Morgan fingerprint density at radius 1 is 1.08 bits per heavy atom. The second-order valence-electron chi connectivity index (χ2n) is 6.01. The third-order valence-electron chi connectivity index (χ3n) is 3.80. The van der Waals surface area contributed by atoms with Gasteiger partial charge in [-0.1, -0.05) is 51.5 Å². The van der Waals surface area contributed by atoms with E-state index in [0.29, 0.717) is 6.61 Å². The molecule has 1 aromatic rings. The second kappa shape index (κ2) is 11.6. The van der Waals surface area contributed by atoms with Crippen LogP contribution in [0.15, 0.2) is 24.3 Å². The van der Waals surface area contributed by atoms with E-state index < -0.39 is 17.7 Å². The van der Waals surface area contributed by atoms with Crippen molar-refractivity contribution >= 4 is 11.9 Å². The monoisotopic (exact) mass is 337 g/mol. The van der Waals surface area contributed by atoms with E-state index in [1.807, 2.05) is 0 Å². The Morgan fingerprint density at radius 3 is 2.42 bits per heavy atom. The first kappa shape index (κ1) is 20.1. The van der Waals surface area contributed by atoms with Crippen LogP contribution in [0, 0.1) is 5.82 Å². The maximum absolute atomic E-state index is 13.1. The van der Waals surface area contributed by atoms with Gasteiger partial charge in [0.2, 0.25) is 0 Å². The molecule has 0 atom stereocenters. The summed E-state index contributed by atoms with van der Waals surface area (Å²) in [6.45, 7) is 2.44. The highest BCUT2D eigenvalue weighted by Crippen LogP contribution is 2.08. The van der Waals surface area contributed by atoms with Gasteiger partial charge in [-0.2, -0.15) is 0 Å². The van der Waals surface area contributed by atoms with Gasteiger partial charge in [-0.05, 0) is 24.6 Å². The number of benzene rings is 1. The number of carbonyl (C=O) groups is 2. The number of esters is 1. The largest absolute Gasteiger partial charge is 0.464 e. The standard InChI is InChI=1S/C19H28FNO3/c1-3-4-5-6-7-8-9-13-24-18(22)15-21(2)19(23)16-11-10-12-17(20)14-16/h10-12,14H,3-9,13,15H2,1-2H3. The van der Waals surface area contributed by atoms with Crippen LogP contribution in [-0.2, 0) is 9.53 Å². The molecule has 0 heterocycles. The van der Waals surface area contributed by atoms with E-state index in [1.54, 1.807) is 0 Å². The summed E-state index contributed by atoms with van der Waals surface area (Å²) in [5.41, 5.74) is 0.220. The molecule has 0 aromatic heterocycles. The first-order chi connectivity index (χ1) is 11.5. The van der Waals surface area contributed by atoms with E-state index in [9.17, 15) is 14.0 Å². The molecule has 0 spiro atoms. The fraction of sp³-hybridized carbons (Fsp3) is 0.579. The molecule has 0 fully saturated rings. The SMILES string of the molecule is CCCCCCCCCOC(=O)CN(C)C(=O)c1cccc(F)c1. The molecular weight excluding hydrogens is 309 g/mol. The highest BCUT2D eigenvalue weighted by Gasteiger charge is 2.16. The van der Waals surface area contributed by atoms with Crippen LogP contribution < -0.4 is 0 Å². The molecule has 0 bridgehead atoms. The summed E-state index contributed by atoms with van der Waals surface area (Å²) < 4.78 is 18.3. The number of rotatable bonds is 11. The minimum absolute atomic E-state index is 0.133. The number of ether oxygens (including phenoxy) is 1. The molecule has 0 saturated carbocycles. The number of nitrogens with zero attached hydrogens (tertiary/aromatic N) is 1. The minimum Gasteiger partial charge on any atom is -0.464 e. The molecule has 0 N–H and O–H groups in total. The quantitative estimate of drug-likeness (QED) is 0.449. The van der Waals surface area contributed by atoms with Gasteiger partial charge in [0.1, 0.15) is 12.4 Å².